The van der Waals surface area contributed by atoms with Crippen molar-refractivity contribution in [1.82, 2.24) is 0 Å². The summed E-state index contributed by atoms with van der Waals surface area (Å²) in [5, 5.41) is 7.65. The Labute approximate surface area is 333 Å². The molecule has 0 unspecified atom stereocenters. The van der Waals surface area contributed by atoms with E-state index in [0.717, 1.165) is 28.4 Å². The number of benzene rings is 9. The number of fused-ring (bicyclic) bond motifs is 7. The molecule has 2 heterocycles. The summed E-state index contributed by atoms with van der Waals surface area (Å²) in [7, 11) is 0. The molecule has 0 aliphatic heterocycles. The molecule has 9 aromatic carbocycles. The van der Waals surface area contributed by atoms with Gasteiger partial charge in [-0.05, 0) is 107 Å². The Hall–Kier alpha value is -6.72. The van der Waals surface area contributed by atoms with Gasteiger partial charge in [-0.25, -0.2) is 0 Å². The minimum atomic E-state index is 1.12. The van der Waals surface area contributed by atoms with E-state index in [4.69, 9.17) is 0 Å². The van der Waals surface area contributed by atoms with Gasteiger partial charge in [-0.1, -0.05) is 121 Å². The Morgan fingerprint density at radius 3 is 1.70 bits per heavy atom. The average Bonchev–Trinajstić information content (AvgIpc) is 3.83. The second-order valence-electron chi connectivity index (χ2n) is 14.2. The van der Waals surface area contributed by atoms with E-state index >= 15 is 0 Å². The number of thiophene rings is 2. The first-order chi connectivity index (χ1) is 27.7. The standard InChI is InChI=1S/C52H34N2S2/c1-3-14-39(15-4-1)53(41-26-24-36(25-27-41)38-23-22-35-12-7-8-13-37(35)32-38)42-29-31-50-47(33-42)45-30-28-43(34-51(45)55-50)54(40-16-5-2-6-17-40)48-20-11-19-46-44-18-9-10-21-49(44)56-52(46)48/h1-34H. The van der Waals surface area contributed by atoms with Crippen molar-refractivity contribution in [3.63, 3.8) is 0 Å². The fourth-order valence-electron chi connectivity index (χ4n) is 8.14. The topological polar surface area (TPSA) is 6.48 Å². The zero-order valence-corrected chi connectivity index (χ0v) is 32.0. The first-order valence-electron chi connectivity index (χ1n) is 18.9. The van der Waals surface area contributed by atoms with Crippen molar-refractivity contribution in [2.45, 2.75) is 0 Å². The van der Waals surface area contributed by atoms with Gasteiger partial charge >= 0.3 is 0 Å². The molecule has 0 aliphatic rings. The van der Waals surface area contributed by atoms with Crippen molar-refractivity contribution in [2.75, 3.05) is 9.80 Å². The summed E-state index contributed by atoms with van der Waals surface area (Å²) >= 11 is 3.73. The molecular weight excluding hydrogens is 717 g/mol. The summed E-state index contributed by atoms with van der Waals surface area (Å²) in [5.74, 6) is 0. The molecule has 0 amide bonds. The van der Waals surface area contributed by atoms with E-state index in [9.17, 15) is 0 Å². The van der Waals surface area contributed by atoms with Crippen LogP contribution in [0.1, 0.15) is 0 Å². The largest absolute Gasteiger partial charge is 0.310 e. The normalized spacial score (nSPS) is 11.6. The molecule has 2 nitrogen and oxygen atoms in total. The highest BCUT2D eigenvalue weighted by atomic mass is 32.1. The lowest BCUT2D eigenvalue weighted by molar-refractivity contribution is 1.29. The quantitative estimate of drug-likeness (QED) is 0.160. The van der Waals surface area contributed by atoms with E-state index in [1.807, 2.05) is 22.7 Å². The molecular formula is C52H34N2S2. The van der Waals surface area contributed by atoms with Crippen LogP contribution < -0.4 is 9.80 Å². The third-order valence-corrected chi connectivity index (χ3v) is 13.2. The first kappa shape index (κ1) is 32.7. The molecule has 11 rings (SSSR count). The zero-order valence-electron chi connectivity index (χ0n) is 30.3. The molecule has 0 spiro atoms. The minimum absolute atomic E-state index is 1.12. The molecule has 0 saturated heterocycles. The van der Waals surface area contributed by atoms with Gasteiger partial charge in [-0.3, -0.25) is 0 Å². The maximum Gasteiger partial charge on any atom is 0.0640 e. The van der Waals surface area contributed by atoms with Crippen LogP contribution in [-0.2, 0) is 0 Å². The molecule has 2 aromatic heterocycles. The summed E-state index contributed by atoms with van der Waals surface area (Å²) in [6.45, 7) is 0. The summed E-state index contributed by atoms with van der Waals surface area (Å²) in [4.78, 5) is 4.79. The molecule has 0 atom stereocenters. The van der Waals surface area contributed by atoms with Gasteiger partial charge in [0, 0.05) is 64.1 Å². The van der Waals surface area contributed by atoms with Crippen LogP contribution in [0.2, 0.25) is 0 Å². The Kier molecular flexibility index (Phi) is 7.90. The van der Waals surface area contributed by atoms with Gasteiger partial charge in [0.25, 0.3) is 0 Å². The van der Waals surface area contributed by atoms with E-state index in [-0.39, 0.29) is 0 Å². The van der Waals surface area contributed by atoms with E-state index in [0.29, 0.717) is 0 Å². The van der Waals surface area contributed by atoms with E-state index in [1.165, 1.54) is 67.9 Å². The van der Waals surface area contributed by atoms with Crippen LogP contribution >= 0.6 is 22.7 Å². The van der Waals surface area contributed by atoms with E-state index < -0.39 is 0 Å². The van der Waals surface area contributed by atoms with Crippen LogP contribution in [0.25, 0.3) is 62.2 Å². The van der Waals surface area contributed by atoms with Gasteiger partial charge in [0.1, 0.15) is 0 Å². The van der Waals surface area contributed by atoms with Crippen molar-refractivity contribution >= 4 is 108 Å². The van der Waals surface area contributed by atoms with Crippen molar-refractivity contribution in [2.24, 2.45) is 0 Å². The van der Waals surface area contributed by atoms with Crippen LogP contribution in [0.5, 0.6) is 0 Å². The van der Waals surface area contributed by atoms with Crippen LogP contribution in [0.3, 0.4) is 0 Å². The summed E-state index contributed by atoms with van der Waals surface area (Å²) < 4.78 is 5.15. The minimum Gasteiger partial charge on any atom is -0.310 e. The van der Waals surface area contributed by atoms with E-state index in [2.05, 4.69) is 216 Å². The molecule has 56 heavy (non-hydrogen) atoms. The van der Waals surface area contributed by atoms with Crippen molar-refractivity contribution in [1.29, 1.82) is 0 Å². The maximum absolute atomic E-state index is 2.42. The van der Waals surface area contributed by atoms with Gasteiger partial charge in [0.05, 0.1) is 10.4 Å². The molecule has 4 heteroatoms. The lowest BCUT2D eigenvalue weighted by atomic mass is 10.0. The first-order valence-corrected chi connectivity index (χ1v) is 20.5. The summed E-state index contributed by atoms with van der Waals surface area (Å²) in [6.07, 6.45) is 0. The molecule has 0 radical (unpaired) electrons. The predicted octanol–water partition coefficient (Wildman–Crippen LogP) is 16.2. The highest BCUT2D eigenvalue weighted by Gasteiger charge is 2.20. The highest BCUT2D eigenvalue weighted by Crippen LogP contribution is 2.47. The summed E-state index contributed by atoms with van der Waals surface area (Å²) in [5.41, 5.74) is 9.30. The molecule has 0 N–H and O–H groups in total. The van der Waals surface area contributed by atoms with Gasteiger partial charge in [-0.15, -0.1) is 22.7 Å². The number of para-hydroxylation sites is 2. The Balaban J connectivity index is 1.01. The number of rotatable bonds is 7. The van der Waals surface area contributed by atoms with Gasteiger partial charge < -0.3 is 9.80 Å². The van der Waals surface area contributed by atoms with Crippen LogP contribution in [-0.4, -0.2) is 0 Å². The van der Waals surface area contributed by atoms with Crippen LogP contribution in [0, 0.1) is 0 Å². The maximum atomic E-state index is 2.42. The van der Waals surface area contributed by atoms with Gasteiger partial charge in [-0.2, -0.15) is 0 Å². The Bertz CT molecular complexity index is 3200. The number of nitrogens with zero attached hydrogens (tertiary/aromatic N) is 2. The van der Waals surface area contributed by atoms with Crippen molar-refractivity contribution < 1.29 is 0 Å². The lowest BCUT2D eigenvalue weighted by Crippen LogP contribution is -2.09. The molecule has 0 fully saturated rings. The van der Waals surface area contributed by atoms with Crippen LogP contribution in [0.4, 0.5) is 34.1 Å². The number of anilines is 6. The van der Waals surface area contributed by atoms with Gasteiger partial charge in [0.15, 0.2) is 0 Å². The molecule has 0 bridgehead atoms. The fourth-order valence-corrected chi connectivity index (χ4v) is 10.5. The highest BCUT2D eigenvalue weighted by molar-refractivity contribution is 7.26. The Morgan fingerprint density at radius 2 is 0.875 bits per heavy atom. The van der Waals surface area contributed by atoms with Crippen LogP contribution in [0.15, 0.2) is 206 Å². The lowest BCUT2D eigenvalue weighted by Gasteiger charge is -2.26. The van der Waals surface area contributed by atoms with Crippen molar-refractivity contribution in [3.05, 3.63) is 206 Å². The number of hydrogen-bond donors (Lipinski definition) is 0. The zero-order chi connectivity index (χ0) is 37.0. The monoisotopic (exact) mass is 750 g/mol. The Morgan fingerprint density at radius 1 is 0.286 bits per heavy atom. The predicted molar refractivity (Wildman–Crippen MR) is 245 cm³/mol. The van der Waals surface area contributed by atoms with Gasteiger partial charge in [0.2, 0.25) is 0 Å². The molecule has 11 aromatic rings. The average molecular weight is 751 g/mol. The second kappa shape index (κ2) is 13.5. The van der Waals surface area contributed by atoms with Crippen molar-refractivity contribution in [3.8, 4) is 11.1 Å². The summed E-state index contributed by atoms with van der Waals surface area (Å²) in [6, 6.07) is 75.1. The SMILES string of the molecule is c1ccc(N(c2ccc(-c3ccc4ccccc4c3)cc2)c2ccc3sc4cc(N(c5ccccc5)c5cccc6c5sc5ccccc56)ccc4c3c2)cc1. The smallest absolute Gasteiger partial charge is 0.0640 e. The molecule has 0 aliphatic carbocycles. The molecule has 0 saturated carbocycles. The fraction of sp³-hybridized carbons (Fsp3) is 0. The molecule has 264 valence electrons. The van der Waals surface area contributed by atoms with E-state index in [1.54, 1.807) is 0 Å². The second-order valence-corrected chi connectivity index (χ2v) is 16.3. The number of hydrogen-bond acceptors (Lipinski definition) is 4. The third-order valence-electron chi connectivity index (χ3n) is 10.8. The third kappa shape index (κ3) is 5.62.